The minimum absolute atomic E-state index is 0.0401. The topological polar surface area (TPSA) is 66.0 Å². The van der Waals surface area contributed by atoms with E-state index < -0.39 is 11.8 Å². The second-order valence-electron chi connectivity index (χ2n) is 6.31. The fourth-order valence-electron chi connectivity index (χ4n) is 3.08. The summed E-state index contributed by atoms with van der Waals surface area (Å²) >= 11 is 5.91. The van der Waals surface area contributed by atoms with Gasteiger partial charge in [0.2, 0.25) is 0 Å². The number of carbonyl (C=O) groups is 1. The summed E-state index contributed by atoms with van der Waals surface area (Å²) in [6.07, 6.45) is 1.75. The Morgan fingerprint density at radius 2 is 1.79 bits per heavy atom. The number of hydrogen-bond donors (Lipinski definition) is 1. The first-order valence-corrected chi connectivity index (χ1v) is 8.79. The van der Waals surface area contributed by atoms with Crippen molar-refractivity contribution in [3.63, 3.8) is 0 Å². The molecule has 0 bridgehead atoms. The first kappa shape index (κ1) is 19.4. The molecule has 28 heavy (non-hydrogen) atoms. The zero-order valence-electron chi connectivity index (χ0n) is 15.2. The van der Waals surface area contributed by atoms with Crippen molar-refractivity contribution >= 4 is 29.2 Å². The lowest BCUT2D eigenvalue weighted by atomic mass is 10.0. The predicted molar refractivity (Wildman–Crippen MR) is 107 cm³/mol. The molecule has 0 saturated heterocycles. The maximum atomic E-state index is 13.5. The zero-order valence-corrected chi connectivity index (χ0v) is 16.0. The monoisotopic (exact) mass is 394 g/mol. The Hall–Kier alpha value is -3.36. The molecule has 0 atom stereocenters. The molecule has 3 aromatic rings. The van der Waals surface area contributed by atoms with Crippen molar-refractivity contribution in [1.82, 2.24) is 4.57 Å². The molecule has 1 aromatic heterocycles. The van der Waals surface area contributed by atoms with Crippen LogP contribution in [0.2, 0.25) is 5.02 Å². The van der Waals surface area contributed by atoms with Crippen molar-refractivity contribution in [2.75, 3.05) is 0 Å². The van der Waals surface area contributed by atoms with Gasteiger partial charge in [-0.05, 0) is 67.4 Å². The van der Waals surface area contributed by atoms with Crippen LogP contribution in [0.15, 0.2) is 48.5 Å². The summed E-state index contributed by atoms with van der Waals surface area (Å²) in [6, 6.07) is 14.8. The smallest absolute Gasteiger partial charge is 0.335 e. The Morgan fingerprint density at radius 1 is 1.14 bits per heavy atom. The third-order valence-electron chi connectivity index (χ3n) is 4.49. The van der Waals surface area contributed by atoms with Gasteiger partial charge in [0.1, 0.15) is 5.82 Å². The molecule has 1 heterocycles. The van der Waals surface area contributed by atoms with Gasteiger partial charge in [-0.1, -0.05) is 23.7 Å². The van der Waals surface area contributed by atoms with Gasteiger partial charge in [-0.25, -0.2) is 9.18 Å². The van der Waals surface area contributed by atoms with Gasteiger partial charge in [0.05, 0.1) is 22.2 Å². The molecule has 0 aliphatic rings. The highest BCUT2D eigenvalue weighted by Gasteiger charge is 2.13. The van der Waals surface area contributed by atoms with E-state index >= 15 is 0 Å². The Balaban J connectivity index is 2.05. The number of allylic oxidation sites excluding steroid dienone is 1. The van der Waals surface area contributed by atoms with E-state index in [1.165, 1.54) is 18.2 Å². The molecule has 0 saturated carbocycles. The van der Waals surface area contributed by atoms with Gasteiger partial charge >= 0.3 is 5.97 Å². The van der Waals surface area contributed by atoms with Gasteiger partial charge < -0.3 is 9.67 Å². The van der Waals surface area contributed by atoms with Crippen LogP contribution in [0, 0.1) is 31.0 Å². The number of rotatable bonds is 4. The zero-order chi connectivity index (χ0) is 20.4. The molecule has 0 aliphatic heterocycles. The number of hydrogen-bond acceptors (Lipinski definition) is 2. The number of carboxylic acids is 1. The molecule has 0 radical (unpaired) electrons. The van der Waals surface area contributed by atoms with Gasteiger partial charge in [0.25, 0.3) is 0 Å². The Kier molecular flexibility index (Phi) is 5.34. The van der Waals surface area contributed by atoms with E-state index in [1.807, 2.05) is 24.5 Å². The number of aromatic nitrogens is 1. The number of nitrogens with zero attached hydrogens (tertiary/aromatic N) is 2. The van der Waals surface area contributed by atoms with Crippen LogP contribution >= 0.6 is 11.6 Å². The summed E-state index contributed by atoms with van der Waals surface area (Å²) in [6.45, 7) is 3.81. The lowest BCUT2D eigenvalue weighted by Gasteiger charge is -2.10. The molecule has 2 aromatic carbocycles. The van der Waals surface area contributed by atoms with E-state index in [4.69, 9.17) is 16.7 Å². The van der Waals surface area contributed by atoms with Crippen LogP contribution < -0.4 is 0 Å². The van der Waals surface area contributed by atoms with E-state index in [9.17, 15) is 14.4 Å². The van der Waals surface area contributed by atoms with Crippen LogP contribution in [-0.4, -0.2) is 15.6 Å². The second kappa shape index (κ2) is 7.71. The Bertz CT molecular complexity index is 1140. The number of benzene rings is 2. The summed E-state index contributed by atoms with van der Waals surface area (Å²) in [7, 11) is 0. The molecular formula is C22H16ClFN2O2. The highest BCUT2D eigenvalue weighted by Crippen LogP contribution is 2.27. The van der Waals surface area contributed by atoms with Crippen LogP contribution in [0.1, 0.15) is 32.9 Å². The van der Waals surface area contributed by atoms with E-state index in [0.717, 1.165) is 22.6 Å². The third-order valence-corrected chi connectivity index (χ3v) is 4.78. The molecule has 0 amide bonds. The lowest BCUT2D eigenvalue weighted by molar-refractivity contribution is 0.0697. The number of carboxylic acid groups (broad SMARTS) is 1. The molecule has 1 N–H and O–H groups in total. The van der Waals surface area contributed by atoms with E-state index in [0.29, 0.717) is 11.1 Å². The molecule has 6 heteroatoms. The minimum Gasteiger partial charge on any atom is -0.478 e. The summed E-state index contributed by atoms with van der Waals surface area (Å²) in [5.41, 5.74) is 4.53. The quantitative estimate of drug-likeness (QED) is 0.581. The number of nitriles is 1. The minimum atomic E-state index is -1.02. The fourth-order valence-corrected chi connectivity index (χ4v) is 3.26. The van der Waals surface area contributed by atoms with Crippen molar-refractivity contribution in [3.8, 4) is 11.8 Å². The first-order chi connectivity index (χ1) is 13.3. The van der Waals surface area contributed by atoms with Gasteiger partial charge in [0, 0.05) is 17.1 Å². The van der Waals surface area contributed by atoms with Crippen LogP contribution in [0.3, 0.4) is 0 Å². The molecule has 0 aliphatic carbocycles. The molecule has 0 unspecified atom stereocenters. The molecule has 3 rings (SSSR count). The molecule has 0 fully saturated rings. The first-order valence-electron chi connectivity index (χ1n) is 8.41. The van der Waals surface area contributed by atoms with Crippen molar-refractivity contribution in [2.45, 2.75) is 13.8 Å². The normalized spacial score (nSPS) is 11.3. The van der Waals surface area contributed by atoms with Gasteiger partial charge in [0.15, 0.2) is 0 Å². The summed E-state index contributed by atoms with van der Waals surface area (Å²) in [4.78, 5) is 11.0. The fraction of sp³-hybridized carbons (Fsp3) is 0.0909. The lowest BCUT2D eigenvalue weighted by Crippen LogP contribution is -1.99. The SMILES string of the molecule is Cc1cc(/C=C(/C#N)c2ccc(C(=O)O)cc2)c(C)n1-c1ccc(F)c(Cl)c1. The summed E-state index contributed by atoms with van der Waals surface area (Å²) in [5, 5.41) is 18.6. The van der Waals surface area contributed by atoms with Gasteiger partial charge in [-0.2, -0.15) is 5.26 Å². The summed E-state index contributed by atoms with van der Waals surface area (Å²) < 4.78 is 15.4. The molecule has 0 spiro atoms. The highest BCUT2D eigenvalue weighted by atomic mass is 35.5. The van der Waals surface area contributed by atoms with Crippen molar-refractivity contribution in [3.05, 3.63) is 87.4 Å². The van der Waals surface area contributed by atoms with Crippen molar-refractivity contribution in [1.29, 1.82) is 5.26 Å². The van der Waals surface area contributed by atoms with Crippen molar-refractivity contribution in [2.24, 2.45) is 0 Å². The van der Waals surface area contributed by atoms with E-state index in [2.05, 4.69) is 6.07 Å². The maximum absolute atomic E-state index is 13.5. The largest absolute Gasteiger partial charge is 0.478 e. The Morgan fingerprint density at radius 3 is 2.36 bits per heavy atom. The number of halogens is 2. The van der Waals surface area contributed by atoms with Crippen LogP contribution in [0.5, 0.6) is 0 Å². The second-order valence-corrected chi connectivity index (χ2v) is 6.72. The number of aryl methyl sites for hydroxylation is 1. The van der Waals surface area contributed by atoms with Crippen molar-refractivity contribution < 1.29 is 14.3 Å². The predicted octanol–water partition coefficient (Wildman–Crippen LogP) is 5.65. The third kappa shape index (κ3) is 3.68. The van der Waals surface area contributed by atoms with Crippen LogP contribution in [0.4, 0.5) is 4.39 Å². The van der Waals surface area contributed by atoms with Crippen LogP contribution in [-0.2, 0) is 0 Å². The Labute approximate surface area is 166 Å². The highest BCUT2D eigenvalue weighted by molar-refractivity contribution is 6.30. The standard InChI is InChI=1S/C22H16ClFN2O2/c1-13-9-17(14(2)26(13)19-7-8-21(24)20(23)11-19)10-18(12-25)15-3-5-16(6-4-15)22(27)28/h3-11H,1-2H3,(H,27,28)/b18-10-. The summed E-state index contributed by atoms with van der Waals surface area (Å²) in [5.74, 6) is -1.50. The van der Waals surface area contributed by atoms with E-state index in [-0.39, 0.29) is 10.6 Å². The maximum Gasteiger partial charge on any atom is 0.335 e. The van der Waals surface area contributed by atoms with Crippen LogP contribution in [0.25, 0.3) is 17.3 Å². The van der Waals surface area contributed by atoms with Gasteiger partial charge in [-0.3, -0.25) is 0 Å². The average Bonchev–Trinajstić information content (AvgIpc) is 2.95. The average molecular weight is 395 g/mol. The molecule has 4 nitrogen and oxygen atoms in total. The number of aromatic carboxylic acids is 1. The molecular weight excluding hydrogens is 379 g/mol. The van der Waals surface area contributed by atoms with E-state index in [1.54, 1.807) is 30.3 Å². The molecule has 140 valence electrons. The van der Waals surface area contributed by atoms with Gasteiger partial charge in [-0.15, -0.1) is 0 Å².